The topological polar surface area (TPSA) is 0 Å². The van der Waals surface area contributed by atoms with Crippen molar-refractivity contribution in [1.82, 2.24) is 0 Å². The Morgan fingerprint density at radius 2 is 1.33 bits per heavy atom. The number of benzene rings is 3. The van der Waals surface area contributed by atoms with Crippen LogP contribution in [0.15, 0.2) is 77.7 Å². The summed E-state index contributed by atoms with van der Waals surface area (Å²) in [7, 11) is -0.252. The van der Waals surface area contributed by atoms with Crippen LogP contribution in [0.4, 0.5) is 0 Å². The molecule has 0 saturated heterocycles. The van der Waals surface area contributed by atoms with Crippen molar-refractivity contribution < 1.29 is 0 Å². The van der Waals surface area contributed by atoms with Gasteiger partial charge in [0.1, 0.15) is 0 Å². The van der Waals surface area contributed by atoms with E-state index < -0.39 is 0 Å². The highest BCUT2D eigenvalue weighted by Gasteiger charge is 2.43. The van der Waals surface area contributed by atoms with Crippen LogP contribution in [0.2, 0.25) is 0 Å². The van der Waals surface area contributed by atoms with Crippen LogP contribution in [0.5, 0.6) is 0 Å². The van der Waals surface area contributed by atoms with E-state index in [-0.39, 0.29) is 7.92 Å². The van der Waals surface area contributed by atoms with Gasteiger partial charge in [-0.15, -0.1) is 11.8 Å². The fraction of sp³-hybridized carbons (Fsp3) is 0.280. The van der Waals surface area contributed by atoms with E-state index >= 15 is 0 Å². The summed E-state index contributed by atoms with van der Waals surface area (Å²) in [5.74, 6) is 2.08. The molecule has 1 fully saturated rings. The maximum atomic E-state index is 2.33. The molecule has 2 atom stereocenters. The average molecular weight is 391 g/mol. The summed E-state index contributed by atoms with van der Waals surface area (Å²) in [5, 5.41) is 3.05. The number of aryl methyl sites for hydroxylation is 3. The molecule has 0 bridgehead atoms. The smallest absolute Gasteiger partial charge is 0.0131 e. The molecule has 1 saturated carbocycles. The predicted octanol–water partition coefficient (Wildman–Crippen LogP) is 6.23. The van der Waals surface area contributed by atoms with Gasteiger partial charge in [0.15, 0.2) is 0 Å². The summed E-state index contributed by atoms with van der Waals surface area (Å²) in [6, 6.07) is 27.0. The number of hydrogen-bond acceptors (Lipinski definition) is 1. The summed E-state index contributed by atoms with van der Waals surface area (Å²) in [4.78, 5) is 1.50. The zero-order valence-electron chi connectivity index (χ0n) is 16.4. The highest BCUT2D eigenvalue weighted by Crippen LogP contribution is 2.57. The lowest BCUT2D eigenvalue weighted by atomic mass is 10.1. The second-order valence-electron chi connectivity index (χ2n) is 7.64. The quantitative estimate of drug-likeness (QED) is 0.355. The van der Waals surface area contributed by atoms with Crippen molar-refractivity contribution >= 4 is 30.3 Å². The first-order valence-corrected chi connectivity index (χ1v) is 12.1. The number of rotatable bonds is 6. The van der Waals surface area contributed by atoms with Crippen molar-refractivity contribution in [2.45, 2.75) is 37.7 Å². The summed E-state index contributed by atoms with van der Waals surface area (Å²) >= 11 is 2.07. The van der Waals surface area contributed by atoms with E-state index in [1.807, 2.05) is 0 Å². The Morgan fingerprint density at radius 3 is 1.85 bits per heavy atom. The molecule has 0 unspecified atom stereocenters. The van der Waals surface area contributed by atoms with Crippen molar-refractivity contribution in [1.29, 1.82) is 0 Å². The van der Waals surface area contributed by atoms with E-state index in [9.17, 15) is 0 Å². The monoisotopic (exact) mass is 390 g/mol. The second-order valence-corrected chi connectivity index (χ2v) is 11.1. The molecule has 3 aromatic rings. The van der Waals surface area contributed by atoms with Crippen molar-refractivity contribution in [2.24, 2.45) is 5.92 Å². The lowest BCUT2D eigenvalue weighted by molar-refractivity contribution is 1.000. The molecule has 0 heterocycles. The molecule has 2 heteroatoms. The Kier molecular flexibility index (Phi) is 5.71. The summed E-state index contributed by atoms with van der Waals surface area (Å²) < 4.78 is 0. The molecular formula is C25H27PS. The van der Waals surface area contributed by atoms with Crippen LogP contribution in [0.1, 0.15) is 23.1 Å². The van der Waals surface area contributed by atoms with Crippen molar-refractivity contribution in [3.05, 3.63) is 89.5 Å². The molecule has 138 valence electrons. The average Bonchev–Trinajstić information content (AvgIpc) is 3.42. The zero-order valence-corrected chi connectivity index (χ0v) is 18.1. The fourth-order valence-corrected chi connectivity index (χ4v) is 8.55. The molecule has 27 heavy (non-hydrogen) atoms. The Morgan fingerprint density at radius 1 is 0.815 bits per heavy atom. The summed E-state index contributed by atoms with van der Waals surface area (Å²) in [5.41, 5.74) is 5.06. The van der Waals surface area contributed by atoms with Crippen LogP contribution in [-0.2, 0) is 0 Å². The molecule has 4 rings (SSSR count). The Bertz CT molecular complexity index is 842. The third-order valence-corrected chi connectivity index (χ3v) is 9.86. The van der Waals surface area contributed by atoms with Gasteiger partial charge in [-0.25, -0.2) is 0 Å². The van der Waals surface area contributed by atoms with Gasteiger partial charge >= 0.3 is 0 Å². The standard InChI is InChI=1S/C25H27PS/c1-18-14-19(2)25(20(3)15-18)27-17-21-16-24(21)26(22-10-6-4-7-11-22)23-12-8-5-9-13-23/h4-15,21,24H,16-17H2,1-3H3/t21-,24-/m1/s1. The molecule has 0 amide bonds. The van der Waals surface area contributed by atoms with E-state index in [0.717, 1.165) is 11.6 Å². The summed E-state index contributed by atoms with van der Waals surface area (Å²) in [6.45, 7) is 6.71. The highest BCUT2D eigenvalue weighted by molar-refractivity contribution is 7.99. The molecule has 0 aliphatic heterocycles. The predicted molar refractivity (Wildman–Crippen MR) is 122 cm³/mol. The van der Waals surface area contributed by atoms with Crippen LogP contribution >= 0.6 is 19.7 Å². The van der Waals surface area contributed by atoms with Crippen LogP contribution < -0.4 is 10.6 Å². The SMILES string of the molecule is Cc1cc(C)c(SC[C@H]2C[C@H]2P(c2ccccc2)c2ccccc2)c(C)c1. The second kappa shape index (κ2) is 8.21. The van der Waals surface area contributed by atoms with Gasteiger partial charge in [0.2, 0.25) is 0 Å². The maximum Gasteiger partial charge on any atom is 0.0131 e. The van der Waals surface area contributed by atoms with E-state index in [2.05, 4.69) is 105 Å². The third-order valence-electron chi connectivity index (χ3n) is 5.33. The van der Waals surface area contributed by atoms with Gasteiger partial charge < -0.3 is 0 Å². The molecular weight excluding hydrogens is 363 g/mol. The Hall–Kier alpha value is -1.56. The first-order chi connectivity index (χ1) is 13.1. The third kappa shape index (κ3) is 4.31. The van der Waals surface area contributed by atoms with E-state index in [0.29, 0.717) is 0 Å². The first-order valence-electron chi connectivity index (χ1n) is 9.73. The van der Waals surface area contributed by atoms with Gasteiger partial charge in [-0.1, -0.05) is 78.4 Å². The largest absolute Gasteiger partial charge is 0.125 e. The van der Waals surface area contributed by atoms with Gasteiger partial charge in [-0.3, -0.25) is 0 Å². The van der Waals surface area contributed by atoms with E-state index in [1.165, 1.54) is 44.4 Å². The minimum Gasteiger partial charge on any atom is -0.125 e. The molecule has 0 N–H and O–H groups in total. The van der Waals surface area contributed by atoms with E-state index in [1.54, 1.807) is 0 Å². The van der Waals surface area contributed by atoms with Crippen molar-refractivity contribution in [3.8, 4) is 0 Å². The van der Waals surface area contributed by atoms with Gasteiger partial charge in [0.25, 0.3) is 0 Å². The van der Waals surface area contributed by atoms with Gasteiger partial charge in [-0.2, -0.15) is 0 Å². The molecule has 3 aromatic carbocycles. The van der Waals surface area contributed by atoms with Gasteiger partial charge in [-0.05, 0) is 68.4 Å². The minimum atomic E-state index is -0.252. The Balaban J connectivity index is 1.50. The number of hydrogen-bond donors (Lipinski definition) is 0. The summed E-state index contributed by atoms with van der Waals surface area (Å²) in [6.07, 6.45) is 1.37. The minimum absolute atomic E-state index is 0.252. The normalized spacial score (nSPS) is 18.7. The molecule has 0 nitrogen and oxygen atoms in total. The lowest BCUT2D eigenvalue weighted by Gasteiger charge is -2.19. The van der Waals surface area contributed by atoms with E-state index in [4.69, 9.17) is 0 Å². The highest BCUT2D eigenvalue weighted by atomic mass is 32.2. The van der Waals surface area contributed by atoms with Gasteiger partial charge in [0.05, 0.1) is 0 Å². The lowest BCUT2D eigenvalue weighted by Crippen LogP contribution is -2.15. The fourth-order valence-electron chi connectivity index (χ4n) is 4.02. The molecule has 0 radical (unpaired) electrons. The maximum absolute atomic E-state index is 2.33. The van der Waals surface area contributed by atoms with Crippen LogP contribution in [0.25, 0.3) is 0 Å². The van der Waals surface area contributed by atoms with Gasteiger partial charge in [0, 0.05) is 10.6 Å². The van der Waals surface area contributed by atoms with Crippen molar-refractivity contribution in [3.63, 3.8) is 0 Å². The molecule has 0 aromatic heterocycles. The molecule has 1 aliphatic rings. The molecule has 0 spiro atoms. The van der Waals surface area contributed by atoms with Crippen LogP contribution in [-0.4, -0.2) is 11.4 Å². The van der Waals surface area contributed by atoms with Crippen LogP contribution in [0, 0.1) is 26.7 Å². The number of thioether (sulfide) groups is 1. The van der Waals surface area contributed by atoms with Crippen LogP contribution in [0.3, 0.4) is 0 Å². The van der Waals surface area contributed by atoms with Crippen molar-refractivity contribution in [2.75, 3.05) is 5.75 Å². The first kappa shape index (κ1) is 18.8. The Labute approximate surface area is 169 Å². The molecule has 1 aliphatic carbocycles. The zero-order chi connectivity index (χ0) is 18.8.